The van der Waals surface area contributed by atoms with E-state index in [1.54, 1.807) is 0 Å². The molecule has 0 unspecified atom stereocenters. The second kappa shape index (κ2) is 2.87. The van der Waals surface area contributed by atoms with E-state index in [1.807, 2.05) is 0 Å². The average molecular weight is 213 g/mol. The van der Waals surface area contributed by atoms with Gasteiger partial charge in [0.25, 0.3) is 0 Å². The van der Waals surface area contributed by atoms with Gasteiger partial charge in [-0.1, -0.05) is 0 Å². The third-order valence-corrected chi connectivity index (χ3v) is 3.46. The molecule has 0 radical (unpaired) electrons. The molecule has 1 aliphatic carbocycles. The molecule has 0 aromatic carbocycles. The fraction of sp³-hybridized carbons (Fsp3) is 1.00. The number of hydrogen-bond acceptors (Lipinski definition) is 1. The SMILES string of the molecule is O[I-]C1CCCC1. The van der Waals surface area contributed by atoms with Crippen LogP contribution in [0.1, 0.15) is 25.7 Å². The predicted octanol–water partition coefficient (Wildman–Crippen LogP) is -2.07. The molecule has 1 aliphatic rings. The molecule has 44 valence electrons. The first-order valence-electron chi connectivity index (χ1n) is 2.70. The molecule has 1 fully saturated rings. The Morgan fingerprint density at radius 1 is 1.29 bits per heavy atom. The Balaban J connectivity index is 2.14. The standard InChI is InChI=1S/C5H10IO/c7-6-5-3-1-2-4-5/h5,7H,1-4H2/q-1. The molecular weight excluding hydrogens is 203 g/mol. The number of rotatable bonds is 1. The van der Waals surface area contributed by atoms with Gasteiger partial charge in [-0.3, -0.25) is 0 Å². The fourth-order valence-corrected chi connectivity index (χ4v) is 2.41. The van der Waals surface area contributed by atoms with Gasteiger partial charge in [0.15, 0.2) is 0 Å². The van der Waals surface area contributed by atoms with Crippen LogP contribution in [0.2, 0.25) is 0 Å². The Kier molecular flexibility index (Phi) is 2.38. The van der Waals surface area contributed by atoms with E-state index in [2.05, 4.69) is 0 Å². The molecule has 0 bridgehead atoms. The monoisotopic (exact) mass is 213 g/mol. The Morgan fingerprint density at radius 2 is 1.86 bits per heavy atom. The van der Waals surface area contributed by atoms with E-state index in [4.69, 9.17) is 3.44 Å². The average Bonchev–Trinajstić information content (AvgIpc) is 2.14. The molecule has 0 aromatic heterocycles. The minimum atomic E-state index is -0.396. The van der Waals surface area contributed by atoms with Crippen LogP contribution >= 0.6 is 0 Å². The van der Waals surface area contributed by atoms with Crippen molar-refractivity contribution in [1.82, 2.24) is 0 Å². The van der Waals surface area contributed by atoms with E-state index >= 15 is 0 Å². The third-order valence-electron chi connectivity index (χ3n) is 1.42. The Labute approximate surface area is 54.9 Å². The van der Waals surface area contributed by atoms with Crippen molar-refractivity contribution in [3.05, 3.63) is 0 Å². The van der Waals surface area contributed by atoms with Gasteiger partial charge in [-0.25, -0.2) is 0 Å². The zero-order valence-electron chi connectivity index (χ0n) is 4.23. The van der Waals surface area contributed by atoms with Crippen LogP contribution in [0, 0.1) is 0 Å². The van der Waals surface area contributed by atoms with Gasteiger partial charge in [-0.15, -0.1) is 0 Å². The molecule has 0 saturated heterocycles. The van der Waals surface area contributed by atoms with Crippen molar-refractivity contribution >= 4 is 0 Å². The molecule has 1 nitrogen and oxygen atoms in total. The van der Waals surface area contributed by atoms with Crippen LogP contribution in [0.25, 0.3) is 0 Å². The summed E-state index contributed by atoms with van der Waals surface area (Å²) in [4.78, 5) is 0. The second-order valence-electron chi connectivity index (χ2n) is 1.98. The van der Waals surface area contributed by atoms with Crippen molar-refractivity contribution < 1.29 is 25.1 Å². The first kappa shape index (κ1) is 5.82. The topological polar surface area (TPSA) is 20.2 Å². The molecule has 2 heteroatoms. The van der Waals surface area contributed by atoms with Crippen molar-refractivity contribution in [3.8, 4) is 0 Å². The molecule has 0 heterocycles. The molecule has 0 aliphatic heterocycles. The van der Waals surface area contributed by atoms with Gasteiger partial charge in [0.1, 0.15) is 0 Å². The summed E-state index contributed by atoms with van der Waals surface area (Å²) in [7, 11) is 0. The molecule has 1 saturated carbocycles. The van der Waals surface area contributed by atoms with Gasteiger partial charge >= 0.3 is 54.7 Å². The van der Waals surface area contributed by atoms with Crippen LogP contribution in [0.4, 0.5) is 0 Å². The number of halogens is 1. The Morgan fingerprint density at radius 3 is 2.14 bits per heavy atom. The summed E-state index contributed by atoms with van der Waals surface area (Å²) < 4.78 is 9.44. The van der Waals surface area contributed by atoms with E-state index in [-0.39, 0.29) is 0 Å². The fourth-order valence-electron chi connectivity index (χ4n) is 0.974. The van der Waals surface area contributed by atoms with Crippen LogP contribution in [0.3, 0.4) is 0 Å². The van der Waals surface area contributed by atoms with Crippen LogP contribution < -0.4 is 21.6 Å². The summed E-state index contributed by atoms with van der Waals surface area (Å²) in [5.41, 5.74) is 0. The maximum absolute atomic E-state index is 8.68. The van der Waals surface area contributed by atoms with E-state index < -0.39 is 21.6 Å². The van der Waals surface area contributed by atoms with Crippen molar-refractivity contribution in [3.63, 3.8) is 0 Å². The predicted molar refractivity (Wildman–Crippen MR) is 24.5 cm³/mol. The first-order valence-corrected chi connectivity index (χ1v) is 4.91. The van der Waals surface area contributed by atoms with Crippen LogP contribution in [0.5, 0.6) is 0 Å². The Hall–Kier alpha value is 0.690. The zero-order chi connectivity index (χ0) is 5.11. The van der Waals surface area contributed by atoms with E-state index in [9.17, 15) is 0 Å². The molecule has 0 atom stereocenters. The van der Waals surface area contributed by atoms with Crippen LogP contribution in [-0.4, -0.2) is 7.36 Å². The van der Waals surface area contributed by atoms with Crippen LogP contribution in [-0.2, 0) is 0 Å². The van der Waals surface area contributed by atoms with Gasteiger partial charge in [0, 0.05) is 0 Å². The quantitative estimate of drug-likeness (QED) is 0.391. The molecular formula is C5H10IO-. The van der Waals surface area contributed by atoms with Gasteiger partial charge in [-0.05, 0) is 0 Å². The number of alkyl halides is 1. The van der Waals surface area contributed by atoms with E-state index in [1.165, 1.54) is 25.7 Å². The summed E-state index contributed by atoms with van der Waals surface area (Å²) in [6.45, 7) is 0. The molecule has 0 aromatic rings. The second-order valence-corrected chi connectivity index (χ2v) is 4.30. The van der Waals surface area contributed by atoms with E-state index in [0.717, 1.165) is 3.92 Å². The van der Waals surface area contributed by atoms with Crippen molar-refractivity contribution in [1.29, 1.82) is 0 Å². The van der Waals surface area contributed by atoms with Gasteiger partial charge < -0.3 is 0 Å². The summed E-state index contributed by atoms with van der Waals surface area (Å²) in [6, 6.07) is 0. The third kappa shape index (κ3) is 1.57. The minimum absolute atomic E-state index is 0.396. The zero-order valence-corrected chi connectivity index (χ0v) is 6.39. The molecule has 0 amide bonds. The maximum atomic E-state index is 8.68. The molecule has 7 heavy (non-hydrogen) atoms. The summed E-state index contributed by atoms with van der Waals surface area (Å²) in [5, 5.41) is 0. The van der Waals surface area contributed by atoms with Crippen molar-refractivity contribution in [2.75, 3.05) is 0 Å². The summed E-state index contributed by atoms with van der Waals surface area (Å²) >= 11 is -0.396. The van der Waals surface area contributed by atoms with Gasteiger partial charge in [0.2, 0.25) is 0 Å². The molecule has 1 rings (SSSR count). The summed E-state index contributed by atoms with van der Waals surface area (Å²) in [6.07, 6.45) is 5.35. The normalized spacial score (nSPS) is 24.1. The van der Waals surface area contributed by atoms with Gasteiger partial charge in [0.05, 0.1) is 0 Å². The van der Waals surface area contributed by atoms with Crippen LogP contribution in [0.15, 0.2) is 0 Å². The van der Waals surface area contributed by atoms with Gasteiger partial charge in [-0.2, -0.15) is 0 Å². The van der Waals surface area contributed by atoms with E-state index in [0.29, 0.717) is 0 Å². The van der Waals surface area contributed by atoms with Crippen molar-refractivity contribution in [2.24, 2.45) is 0 Å². The van der Waals surface area contributed by atoms with Crippen molar-refractivity contribution in [2.45, 2.75) is 29.6 Å². The Bertz CT molecular complexity index is 50.0. The first-order chi connectivity index (χ1) is 3.43. The number of hydrogen-bond donors (Lipinski definition) is 1. The molecule has 0 spiro atoms. The molecule has 1 N–H and O–H groups in total. The summed E-state index contributed by atoms with van der Waals surface area (Å²) in [5.74, 6) is 0.